The summed E-state index contributed by atoms with van der Waals surface area (Å²) in [5.74, 6) is 1.72. The van der Waals surface area contributed by atoms with Crippen molar-refractivity contribution in [3.05, 3.63) is 5.92 Å². The molecular formula is C8H15. The van der Waals surface area contributed by atoms with Crippen molar-refractivity contribution in [2.75, 3.05) is 0 Å². The van der Waals surface area contributed by atoms with Crippen molar-refractivity contribution in [1.82, 2.24) is 0 Å². The second-order valence-electron chi connectivity index (χ2n) is 2.87. The molecule has 0 heterocycles. The van der Waals surface area contributed by atoms with Gasteiger partial charge in [0.05, 0.1) is 0 Å². The van der Waals surface area contributed by atoms with E-state index < -0.39 is 0 Å². The predicted octanol–water partition coefficient (Wildman–Crippen LogP) is 2.93. The third-order valence-electron chi connectivity index (χ3n) is 1.96. The molecule has 0 aromatic carbocycles. The van der Waals surface area contributed by atoms with Gasteiger partial charge in [-0.2, -0.15) is 0 Å². The Morgan fingerprint density at radius 1 is 0.875 bits per heavy atom. The van der Waals surface area contributed by atoms with Gasteiger partial charge in [-0.15, -0.1) is 0 Å². The first kappa shape index (κ1) is 6.12. The zero-order chi connectivity index (χ0) is 5.82. The van der Waals surface area contributed by atoms with Crippen LogP contribution in [0.25, 0.3) is 0 Å². The molecule has 0 unspecified atom stereocenters. The molecule has 1 saturated carbocycles. The lowest BCUT2D eigenvalue weighted by atomic mass is 10.0. The van der Waals surface area contributed by atoms with Crippen molar-refractivity contribution in [2.24, 2.45) is 0 Å². The lowest BCUT2D eigenvalue weighted by Gasteiger charge is -2.01. The zero-order valence-electron chi connectivity index (χ0n) is 5.74. The normalized spacial score (nSPS) is 25.1. The highest BCUT2D eigenvalue weighted by molar-refractivity contribution is 4.84. The van der Waals surface area contributed by atoms with Gasteiger partial charge in [-0.25, -0.2) is 0 Å². The molecule has 0 spiro atoms. The van der Waals surface area contributed by atoms with E-state index in [1.165, 1.54) is 38.5 Å². The van der Waals surface area contributed by atoms with Gasteiger partial charge in [-0.05, 0) is 18.8 Å². The first-order valence-electron chi connectivity index (χ1n) is 3.71. The van der Waals surface area contributed by atoms with Gasteiger partial charge in [0.1, 0.15) is 0 Å². The van der Waals surface area contributed by atoms with E-state index in [1.807, 2.05) is 0 Å². The molecule has 1 radical (unpaired) electrons. The third-order valence-corrected chi connectivity index (χ3v) is 1.96. The molecule has 47 valence electrons. The molecule has 1 aliphatic carbocycles. The molecule has 0 aliphatic heterocycles. The maximum absolute atomic E-state index is 2.30. The van der Waals surface area contributed by atoms with Crippen LogP contribution in [0.1, 0.15) is 45.4 Å². The summed E-state index contributed by atoms with van der Waals surface area (Å²) in [5.41, 5.74) is 0. The fourth-order valence-corrected chi connectivity index (χ4v) is 1.33. The van der Waals surface area contributed by atoms with Gasteiger partial charge in [0, 0.05) is 0 Å². The largest absolute Gasteiger partial charge is 0.0591 e. The van der Waals surface area contributed by atoms with Gasteiger partial charge in [0.2, 0.25) is 0 Å². The van der Waals surface area contributed by atoms with Crippen molar-refractivity contribution >= 4 is 0 Å². The topological polar surface area (TPSA) is 0 Å². The highest BCUT2D eigenvalue weighted by Gasteiger charge is 2.05. The van der Waals surface area contributed by atoms with Crippen LogP contribution in [-0.4, -0.2) is 0 Å². The van der Waals surface area contributed by atoms with Crippen LogP contribution in [0.3, 0.4) is 0 Å². The Bertz CT molecular complexity index is 49.1. The summed E-state index contributed by atoms with van der Waals surface area (Å²) in [6, 6.07) is 0. The van der Waals surface area contributed by atoms with E-state index in [0.717, 1.165) is 0 Å². The molecule has 0 saturated heterocycles. The first-order chi connectivity index (χ1) is 3.89. The molecule has 0 heteroatoms. The first-order valence-corrected chi connectivity index (χ1v) is 3.71. The number of hydrogen-bond acceptors (Lipinski definition) is 0. The Hall–Kier alpha value is 0. The van der Waals surface area contributed by atoms with Crippen molar-refractivity contribution in [1.29, 1.82) is 0 Å². The highest BCUT2D eigenvalue weighted by Crippen LogP contribution is 2.23. The van der Waals surface area contributed by atoms with Crippen LogP contribution in [0, 0.1) is 5.92 Å². The minimum absolute atomic E-state index is 1.40. The summed E-state index contributed by atoms with van der Waals surface area (Å²) < 4.78 is 0. The van der Waals surface area contributed by atoms with Crippen LogP contribution < -0.4 is 0 Å². The fourth-order valence-electron chi connectivity index (χ4n) is 1.33. The average molecular weight is 111 g/mol. The van der Waals surface area contributed by atoms with Crippen LogP contribution in [0.5, 0.6) is 0 Å². The second kappa shape index (κ2) is 3.11. The quantitative estimate of drug-likeness (QED) is 0.421. The van der Waals surface area contributed by atoms with E-state index in [1.54, 1.807) is 5.92 Å². The molecule has 1 aliphatic rings. The summed E-state index contributed by atoms with van der Waals surface area (Å²) in [5, 5.41) is 0. The lowest BCUT2D eigenvalue weighted by Crippen LogP contribution is -1.85. The molecule has 8 heavy (non-hydrogen) atoms. The molecule has 0 aromatic heterocycles. The van der Waals surface area contributed by atoms with E-state index in [0.29, 0.717) is 0 Å². The van der Waals surface area contributed by atoms with Gasteiger partial charge in [0.25, 0.3) is 0 Å². The van der Waals surface area contributed by atoms with Crippen LogP contribution in [-0.2, 0) is 0 Å². The number of hydrogen-bond donors (Lipinski definition) is 0. The molecule has 0 bridgehead atoms. The van der Waals surface area contributed by atoms with Gasteiger partial charge >= 0.3 is 0 Å². The zero-order valence-corrected chi connectivity index (χ0v) is 5.74. The van der Waals surface area contributed by atoms with Crippen LogP contribution >= 0.6 is 0 Å². The summed E-state index contributed by atoms with van der Waals surface area (Å²) in [6.45, 7) is 2.30. The Morgan fingerprint density at radius 2 is 1.38 bits per heavy atom. The van der Waals surface area contributed by atoms with Crippen LogP contribution in [0.4, 0.5) is 0 Å². The van der Waals surface area contributed by atoms with E-state index >= 15 is 0 Å². The molecule has 1 fully saturated rings. The van der Waals surface area contributed by atoms with Crippen LogP contribution in [0.15, 0.2) is 0 Å². The Balaban J connectivity index is 2.17. The highest BCUT2D eigenvalue weighted by atomic mass is 14.1. The van der Waals surface area contributed by atoms with Crippen LogP contribution in [0.2, 0.25) is 0 Å². The molecule has 0 amide bonds. The van der Waals surface area contributed by atoms with E-state index in [4.69, 9.17) is 0 Å². The van der Waals surface area contributed by atoms with Crippen molar-refractivity contribution in [2.45, 2.75) is 45.4 Å². The Morgan fingerprint density at radius 3 is 1.88 bits per heavy atom. The minimum Gasteiger partial charge on any atom is -0.0591 e. The summed E-state index contributed by atoms with van der Waals surface area (Å²) in [4.78, 5) is 0. The molecule has 0 nitrogen and oxygen atoms in total. The molecule has 0 atom stereocenters. The van der Waals surface area contributed by atoms with Crippen molar-refractivity contribution in [3.8, 4) is 0 Å². The van der Waals surface area contributed by atoms with Gasteiger partial charge in [-0.1, -0.05) is 32.6 Å². The molecule has 1 rings (SSSR count). The van der Waals surface area contributed by atoms with Gasteiger partial charge in [-0.3, -0.25) is 0 Å². The third kappa shape index (κ3) is 1.85. The SMILES string of the molecule is C[C]1CCCCCC1. The second-order valence-corrected chi connectivity index (χ2v) is 2.87. The Kier molecular flexibility index (Phi) is 2.38. The lowest BCUT2D eigenvalue weighted by molar-refractivity contribution is 0.702. The minimum atomic E-state index is 1.40. The smallest absolute Gasteiger partial charge is 0.0272 e. The van der Waals surface area contributed by atoms with Gasteiger partial charge in [0.15, 0.2) is 0 Å². The molecule has 0 N–H and O–H groups in total. The monoisotopic (exact) mass is 111 g/mol. The standard InChI is InChI=1S/C8H15/c1-8-6-4-2-3-5-7-8/h2-7H2,1H3. The maximum atomic E-state index is 2.30. The number of rotatable bonds is 0. The van der Waals surface area contributed by atoms with Crippen molar-refractivity contribution in [3.63, 3.8) is 0 Å². The predicted molar refractivity (Wildman–Crippen MR) is 36.6 cm³/mol. The van der Waals surface area contributed by atoms with E-state index in [-0.39, 0.29) is 0 Å². The molecule has 0 aromatic rings. The average Bonchev–Trinajstić information content (AvgIpc) is 1.94. The summed E-state index contributed by atoms with van der Waals surface area (Å²) in [7, 11) is 0. The summed E-state index contributed by atoms with van der Waals surface area (Å²) in [6.07, 6.45) is 8.65. The fraction of sp³-hybridized carbons (Fsp3) is 0.875. The van der Waals surface area contributed by atoms with Crippen molar-refractivity contribution < 1.29 is 0 Å². The van der Waals surface area contributed by atoms with E-state index in [9.17, 15) is 0 Å². The molecular weight excluding hydrogens is 96.1 g/mol. The van der Waals surface area contributed by atoms with Gasteiger partial charge < -0.3 is 0 Å². The maximum Gasteiger partial charge on any atom is -0.0272 e. The Labute approximate surface area is 52.3 Å². The summed E-state index contributed by atoms with van der Waals surface area (Å²) >= 11 is 0. The van der Waals surface area contributed by atoms with E-state index in [2.05, 4.69) is 6.92 Å².